The van der Waals surface area contributed by atoms with Gasteiger partial charge in [0.1, 0.15) is 11.5 Å². The van der Waals surface area contributed by atoms with Crippen LogP contribution in [-0.2, 0) is 0 Å². The molecule has 0 fully saturated rings. The molecule has 7 heteroatoms. The van der Waals surface area contributed by atoms with E-state index in [0.29, 0.717) is 21.7 Å². The number of hydrogen-bond acceptors (Lipinski definition) is 5. The number of pyridine rings is 1. The first-order valence-corrected chi connectivity index (χ1v) is 6.01. The number of thiazole rings is 1. The smallest absolute Gasteiger partial charge is 0.276 e. The zero-order valence-electron chi connectivity index (χ0n) is 7.98. The lowest BCUT2D eigenvalue weighted by molar-refractivity contribution is 0.102. The highest BCUT2D eigenvalue weighted by Gasteiger charge is 2.10. The number of anilines is 2. The largest absolute Gasteiger partial charge is 0.397 e. The van der Waals surface area contributed by atoms with Crippen LogP contribution in [0.4, 0.5) is 11.5 Å². The number of nitrogens with zero attached hydrogens (tertiary/aromatic N) is 2. The lowest BCUT2D eigenvalue weighted by Crippen LogP contribution is -2.13. The lowest BCUT2D eigenvalue weighted by atomic mass is 10.4. The van der Waals surface area contributed by atoms with Gasteiger partial charge in [-0.2, -0.15) is 0 Å². The molecule has 2 aromatic heterocycles. The third-order valence-corrected chi connectivity index (χ3v) is 2.95. The minimum Gasteiger partial charge on any atom is -0.397 e. The second-order valence-corrected chi connectivity index (χ2v) is 4.50. The van der Waals surface area contributed by atoms with Crippen LogP contribution >= 0.6 is 27.3 Å². The van der Waals surface area contributed by atoms with Gasteiger partial charge in [0.05, 0.1) is 21.9 Å². The lowest BCUT2D eigenvalue weighted by Gasteiger charge is -2.04. The Labute approximate surface area is 104 Å². The Morgan fingerprint density at radius 3 is 2.94 bits per heavy atom. The van der Waals surface area contributed by atoms with Gasteiger partial charge in [0, 0.05) is 5.38 Å². The van der Waals surface area contributed by atoms with Crippen LogP contribution in [0.2, 0.25) is 0 Å². The predicted octanol–water partition coefficient (Wildman–Crippen LogP) is 2.14. The molecular weight excluding hydrogens is 292 g/mol. The van der Waals surface area contributed by atoms with E-state index in [1.54, 1.807) is 17.0 Å². The fourth-order valence-corrected chi connectivity index (χ4v) is 2.04. The minimum atomic E-state index is -0.292. The summed E-state index contributed by atoms with van der Waals surface area (Å²) < 4.78 is 0.635. The number of carbonyl (C=O) groups excluding carboxylic acids is 1. The van der Waals surface area contributed by atoms with Gasteiger partial charge >= 0.3 is 0 Å². The van der Waals surface area contributed by atoms with Crippen LogP contribution in [-0.4, -0.2) is 15.9 Å². The maximum Gasteiger partial charge on any atom is 0.276 e. The average molecular weight is 299 g/mol. The second kappa shape index (κ2) is 4.58. The molecule has 0 aliphatic rings. The number of aromatic nitrogens is 2. The van der Waals surface area contributed by atoms with Crippen LogP contribution in [0.1, 0.15) is 10.5 Å². The van der Waals surface area contributed by atoms with Gasteiger partial charge in [-0.25, -0.2) is 9.97 Å². The molecular formula is C9H7BrN4OS. The van der Waals surface area contributed by atoms with E-state index in [2.05, 4.69) is 31.2 Å². The zero-order valence-corrected chi connectivity index (χ0v) is 10.4. The Balaban J connectivity index is 2.18. The van der Waals surface area contributed by atoms with Crippen LogP contribution in [0.25, 0.3) is 0 Å². The predicted molar refractivity (Wildman–Crippen MR) is 66.4 cm³/mol. The summed E-state index contributed by atoms with van der Waals surface area (Å²) in [6, 6.07) is 1.67. The summed E-state index contributed by atoms with van der Waals surface area (Å²) in [6.45, 7) is 0. The molecule has 82 valence electrons. The number of nitrogen functional groups attached to an aromatic ring is 1. The Hall–Kier alpha value is -1.47. The van der Waals surface area contributed by atoms with Crippen LogP contribution in [0.15, 0.2) is 27.6 Å². The Kier molecular flexibility index (Phi) is 3.16. The summed E-state index contributed by atoms with van der Waals surface area (Å²) in [5.41, 5.74) is 8.03. The van der Waals surface area contributed by atoms with Crippen LogP contribution in [0, 0.1) is 0 Å². The van der Waals surface area contributed by atoms with Crippen molar-refractivity contribution < 1.29 is 4.79 Å². The van der Waals surface area contributed by atoms with E-state index in [1.165, 1.54) is 17.5 Å². The summed E-state index contributed by atoms with van der Waals surface area (Å²) in [5, 5.41) is 4.30. The first kappa shape index (κ1) is 11.0. The van der Waals surface area contributed by atoms with Gasteiger partial charge in [-0.3, -0.25) is 4.79 Å². The van der Waals surface area contributed by atoms with Crippen molar-refractivity contribution >= 4 is 44.7 Å². The van der Waals surface area contributed by atoms with E-state index >= 15 is 0 Å². The zero-order chi connectivity index (χ0) is 11.5. The summed E-state index contributed by atoms with van der Waals surface area (Å²) in [4.78, 5) is 19.6. The molecule has 0 aliphatic carbocycles. The van der Waals surface area contributed by atoms with Crippen molar-refractivity contribution in [3.63, 3.8) is 0 Å². The molecule has 0 unspecified atom stereocenters. The number of halogens is 1. The molecule has 0 aromatic carbocycles. The SMILES string of the molecule is Nc1cnc(NC(=O)c2cscn2)c(Br)c1. The topological polar surface area (TPSA) is 80.9 Å². The Morgan fingerprint density at radius 2 is 2.31 bits per heavy atom. The fourth-order valence-electron chi connectivity index (χ4n) is 1.04. The van der Waals surface area contributed by atoms with Crippen molar-refractivity contribution in [3.8, 4) is 0 Å². The number of hydrogen-bond donors (Lipinski definition) is 2. The van der Waals surface area contributed by atoms with Gasteiger partial charge in [0.15, 0.2) is 0 Å². The van der Waals surface area contributed by atoms with Crippen molar-refractivity contribution in [2.24, 2.45) is 0 Å². The third-order valence-electron chi connectivity index (χ3n) is 1.76. The fraction of sp³-hybridized carbons (Fsp3) is 0. The van der Waals surface area contributed by atoms with Crippen LogP contribution < -0.4 is 11.1 Å². The Bertz CT molecular complexity index is 514. The first-order chi connectivity index (χ1) is 7.66. The molecule has 5 nitrogen and oxygen atoms in total. The molecule has 2 rings (SSSR count). The summed E-state index contributed by atoms with van der Waals surface area (Å²) in [6.07, 6.45) is 1.47. The monoisotopic (exact) mass is 298 g/mol. The molecule has 3 N–H and O–H groups in total. The van der Waals surface area contributed by atoms with Gasteiger partial charge in [-0.1, -0.05) is 0 Å². The van der Waals surface area contributed by atoms with E-state index in [0.717, 1.165) is 0 Å². The van der Waals surface area contributed by atoms with Gasteiger partial charge in [0.25, 0.3) is 5.91 Å². The second-order valence-electron chi connectivity index (χ2n) is 2.93. The third kappa shape index (κ3) is 2.37. The number of amides is 1. The highest BCUT2D eigenvalue weighted by atomic mass is 79.9. The molecule has 0 saturated heterocycles. The molecule has 1 amide bonds. The van der Waals surface area contributed by atoms with Gasteiger partial charge in [0.2, 0.25) is 0 Å². The minimum absolute atomic E-state index is 0.292. The van der Waals surface area contributed by atoms with Crippen molar-refractivity contribution in [1.29, 1.82) is 0 Å². The van der Waals surface area contributed by atoms with E-state index in [4.69, 9.17) is 5.73 Å². The molecule has 0 atom stereocenters. The summed E-state index contributed by atoms with van der Waals surface area (Å²) >= 11 is 4.62. The maximum atomic E-state index is 11.7. The standard InChI is InChI=1S/C9H7BrN4OS/c10-6-1-5(11)2-12-8(6)14-9(15)7-3-16-4-13-7/h1-4H,11H2,(H,12,14,15). The average Bonchev–Trinajstić information content (AvgIpc) is 2.75. The maximum absolute atomic E-state index is 11.7. The molecule has 2 aromatic rings. The number of carbonyl (C=O) groups is 1. The molecule has 16 heavy (non-hydrogen) atoms. The number of nitrogens with two attached hydrogens (primary N) is 1. The molecule has 0 spiro atoms. The van der Waals surface area contributed by atoms with Gasteiger partial charge in [-0.15, -0.1) is 11.3 Å². The molecule has 0 radical (unpaired) electrons. The first-order valence-electron chi connectivity index (χ1n) is 4.27. The molecule has 0 saturated carbocycles. The van der Waals surface area contributed by atoms with Gasteiger partial charge < -0.3 is 11.1 Å². The molecule has 0 bridgehead atoms. The quantitative estimate of drug-likeness (QED) is 0.890. The van der Waals surface area contributed by atoms with Crippen LogP contribution in [0.3, 0.4) is 0 Å². The van der Waals surface area contributed by atoms with Crippen molar-refractivity contribution in [1.82, 2.24) is 9.97 Å². The highest BCUT2D eigenvalue weighted by molar-refractivity contribution is 9.10. The van der Waals surface area contributed by atoms with E-state index < -0.39 is 0 Å². The van der Waals surface area contributed by atoms with Crippen molar-refractivity contribution in [2.75, 3.05) is 11.1 Å². The highest BCUT2D eigenvalue weighted by Crippen LogP contribution is 2.22. The van der Waals surface area contributed by atoms with Crippen LogP contribution in [0.5, 0.6) is 0 Å². The van der Waals surface area contributed by atoms with E-state index in [-0.39, 0.29) is 5.91 Å². The summed E-state index contributed by atoms with van der Waals surface area (Å²) in [5.74, 6) is 0.131. The normalized spacial score (nSPS) is 10.1. The van der Waals surface area contributed by atoms with Crippen molar-refractivity contribution in [3.05, 3.63) is 33.3 Å². The molecule has 0 aliphatic heterocycles. The van der Waals surface area contributed by atoms with Gasteiger partial charge in [-0.05, 0) is 22.0 Å². The van der Waals surface area contributed by atoms with E-state index in [9.17, 15) is 4.79 Å². The van der Waals surface area contributed by atoms with E-state index in [1.807, 2.05) is 0 Å². The van der Waals surface area contributed by atoms with Crippen molar-refractivity contribution in [2.45, 2.75) is 0 Å². The number of nitrogens with one attached hydrogen (secondary N) is 1. The number of rotatable bonds is 2. The Morgan fingerprint density at radius 1 is 1.50 bits per heavy atom. The molecule has 2 heterocycles. The summed E-state index contributed by atoms with van der Waals surface area (Å²) in [7, 11) is 0.